The highest BCUT2D eigenvalue weighted by molar-refractivity contribution is 8.19. The number of carbonyl (C=O) groups excluding carboxylic acids is 5. The van der Waals surface area contributed by atoms with E-state index in [0.29, 0.717) is 14.7 Å². The molecule has 53 heavy (non-hydrogen) atoms. The number of rotatable bonds is 3. The predicted molar refractivity (Wildman–Crippen MR) is 211 cm³/mol. The summed E-state index contributed by atoms with van der Waals surface area (Å²) in [7, 11) is 0. The summed E-state index contributed by atoms with van der Waals surface area (Å²) in [6, 6.07) is 17.0. The Kier molecular flexibility index (Phi) is 10.3. The monoisotopic (exact) mass is 777 g/mol. The average Bonchev–Trinajstić information content (AvgIpc) is 3.96. The molecule has 0 spiro atoms. The number of hydrogen-bond acceptors (Lipinski definition) is 14. The molecule has 0 bridgehead atoms. The number of thiazole rings is 1. The molecular weight excluding hydrogens is 755 g/mol. The van der Waals surface area contributed by atoms with E-state index in [-0.39, 0.29) is 33.4 Å². The number of amidine groups is 1. The van der Waals surface area contributed by atoms with Gasteiger partial charge in [0, 0.05) is 17.8 Å². The van der Waals surface area contributed by atoms with Gasteiger partial charge in [-0.25, -0.2) is 4.98 Å². The zero-order valence-corrected chi connectivity index (χ0v) is 30.5. The Labute approximate surface area is 316 Å². The maximum Gasteiger partial charge on any atom is 0.290 e. The Hall–Kier alpha value is -5.88. The lowest BCUT2D eigenvalue weighted by Gasteiger charge is -1.98. The number of carbonyl (C=O) groups is 5. The molecular formula is C36H23N7O6S4. The van der Waals surface area contributed by atoms with Gasteiger partial charge < -0.3 is 10.2 Å². The van der Waals surface area contributed by atoms with Crippen molar-refractivity contribution < 1.29 is 28.4 Å². The number of aromatic nitrogens is 3. The van der Waals surface area contributed by atoms with Gasteiger partial charge in [-0.1, -0.05) is 18.2 Å². The number of nitrogens with two attached hydrogens (primary N) is 1. The molecule has 2 fully saturated rings. The largest absolute Gasteiger partial charge is 0.464 e. The van der Waals surface area contributed by atoms with Crippen molar-refractivity contribution in [2.45, 2.75) is 6.92 Å². The number of benzene rings is 3. The number of furan rings is 1. The zero-order chi connectivity index (χ0) is 37.1. The molecule has 13 nitrogen and oxygen atoms in total. The highest BCUT2D eigenvalue weighted by atomic mass is 32.2. The number of nitrogens with zero attached hydrogens (tertiary/aromatic N) is 4. The van der Waals surface area contributed by atoms with Crippen molar-refractivity contribution in [3.05, 3.63) is 116 Å². The molecule has 6 heterocycles. The van der Waals surface area contributed by atoms with E-state index >= 15 is 0 Å². The number of fused-ring (bicyclic) bond motifs is 3. The predicted octanol–water partition coefficient (Wildman–Crippen LogP) is 7.24. The van der Waals surface area contributed by atoms with E-state index in [9.17, 15) is 24.0 Å². The molecule has 0 radical (unpaired) electrons. The van der Waals surface area contributed by atoms with Crippen molar-refractivity contribution in [2.75, 3.05) is 0 Å². The lowest BCUT2D eigenvalue weighted by atomic mass is 10.1. The first-order valence-electron chi connectivity index (χ1n) is 15.4. The molecule has 3 aliphatic rings. The van der Waals surface area contributed by atoms with Crippen LogP contribution in [0.25, 0.3) is 50.4 Å². The summed E-state index contributed by atoms with van der Waals surface area (Å²) in [4.78, 5) is 73.9. The Morgan fingerprint density at radius 3 is 1.92 bits per heavy atom. The molecule has 0 unspecified atom stereocenters. The summed E-state index contributed by atoms with van der Waals surface area (Å²) < 4.78 is 6.42. The van der Waals surface area contributed by atoms with Crippen LogP contribution < -0.4 is 16.4 Å². The first-order chi connectivity index (χ1) is 25.6. The van der Waals surface area contributed by atoms with E-state index in [1.807, 2.05) is 61.5 Å². The first-order valence-corrected chi connectivity index (χ1v) is 18.7. The molecule has 6 aromatic rings. The molecule has 262 valence electrons. The number of nitrogens with one attached hydrogen (secondary N) is 2. The van der Waals surface area contributed by atoms with Gasteiger partial charge >= 0.3 is 0 Å². The second-order valence-electron chi connectivity index (χ2n) is 11.1. The Morgan fingerprint density at radius 2 is 1.28 bits per heavy atom. The van der Waals surface area contributed by atoms with E-state index in [0.717, 1.165) is 78.0 Å². The van der Waals surface area contributed by atoms with E-state index in [4.69, 9.17) is 10.2 Å². The maximum atomic E-state index is 11.5. The smallest absolute Gasteiger partial charge is 0.290 e. The summed E-state index contributed by atoms with van der Waals surface area (Å²) in [6.07, 6.45) is 10.1. The molecule has 2 saturated heterocycles. The van der Waals surface area contributed by atoms with Crippen molar-refractivity contribution in [1.29, 1.82) is 0 Å². The lowest BCUT2D eigenvalue weighted by molar-refractivity contribution is -0.116. The van der Waals surface area contributed by atoms with Gasteiger partial charge in [-0.3, -0.25) is 44.6 Å². The SMILES string of the molecule is Cc1coc2ccc(C=C3SC(=O)NC3=O)cc12.NC1=NC(=O)C(=Cc2ccc3nccnc3c2)S1.O=C1NC(=O)C(=Cc2ccc3ncsc3c2)S1. The molecule has 17 heteroatoms. The number of aryl methyl sites for hydroxylation is 1. The van der Waals surface area contributed by atoms with Gasteiger partial charge in [0.25, 0.3) is 28.2 Å². The minimum absolute atomic E-state index is 0.284. The summed E-state index contributed by atoms with van der Waals surface area (Å²) >= 11 is 4.57. The highest BCUT2D eigenvalue weighted by Gasteiger charge is 2.26. The topological polar surface area (TPSA) is 200 Å². The summed E-state index contributed by atoms with van der Waals surface area (Å²) in [6.45, 7) is 1.96. The van der Waals surface area contributed by atoms with Crippen LogP contribution >= 0.6 is 46.6 Å². The van der Waals surface area contributed by atoms with Crippen LogP contribution in [0.2, 0.25) is 0 Å². The van der Waals surface area contributed by atoms with Gasteiger partial charge in [0.15, 0.2) is 5.17 Å². The third-order valence-electron chi connectivity index (χ3n) is 7.45. The Balaban J connectivity index is 0.000000123. The minimum Gasteiger partial charge on any atom is -0.464 e. The fourth-order valence-corrected chi connectivity index (χ4v) is 7.79. The van der Waals surface area contributed by atoms with Crippen molar-refractivity contribution in [3.63, 3.8) is 0 Å². The normalized spacial score (nSPS) is 17.7. The second-order valence-corrected chi connectivity index (χ2v) is 15.1. The van der Waals surface area contributed by atoms with Gasteiger partial charge in [0.1, 0.15) is 5.58 Å². The van der Waals surface area contributed by atoms with Crippen LogP contribution in [0.4, 0.5) is 9.59 Å². The van der Waals surface area contributed by atoms with Gasteiger partial charge in [0.05, 0.1) is 47.7 Å². The summed E-state index contributed by atoms with van der Waals surface area (Å²) in [5.74, 6) is -0.963. The maximum absolute atomic E-state index is 11.5. The molecule has 5 amide bonds. The van der Waals surface area contributed by atoms with Crippen LogP contribution in [0.5, 0.6) is 0 Å². The summed E-state index contributed by atoms with van der Waals surface area (Å²) in [5.41, 5.74) is 14.3. The zero-order valence-electron chi connectivity index (χ0n) is 27.2. The number of amides is 5. The quantitative estimate of drug-likeness (QED) is 0.152. The molecule has 3 aromatic carbocycles. The summed E-state index contributed by atoms with van der Waals surface area (Å²) in [5, 5.41) is 5.11. The number of aliphatic imine (C=N–C) groups is 1. The fourth-order valence-electron chi connectivity index (χ4n) is 5.02. The Bertz CT molecular complexity index is 2640. The number of imide groups is 2. The Morgan fingerprint density at radius 1 is 0.679 bits per heavy atom. The van der Waals surface area contributed by atoms with Gasteiger partial charge in [-0.05, 0) is 119 Å². The van der Waals surface area contributed by atoms with E-state index in [1.54, 1.807) is 53.7 Å². The lowest BCUT2D eigenvalue weighted by Crippen LogP contribution is -2.17. The molecule has 0 atom stereocenters. The van der Waals surface area contributed by atoms with Crippen LogP contribution in [0.15, 0.2) is 103 Å². The second kappa shape index (κ2) is 15.4. The highest BCUT2D eigenvalue weighted by Crippen LogP contribution is 2.30. The van der Waals surface area contributed by atoms with Crippen LogP contribution in [0.3, 0.4) is 0 Å². The van der Waals surface area contributed by atoms with Crippen LogP contribution in [-0.2, 0) is 14.4 Å². The number of thioether (sulfide) groups is 3. The van der Waals surface area contributed by atoms with Crippen molar-refractivity contribution in [3.8, 4) is 0 Å². The molecule has 3 aliphatic heterocycles. The van der Waals surface area contributed by atoms with E-state index in [2.05, 4.69) is 30.6 Å². The van der Waals surface area contributed by atoms with E-state index < -0.39 is 0 Å². The molecule has 0 aliphatic carbocycles. The van der Waals surface area contributed by atoms with Crippen molar-refractivity contribution in [2.24, 2.45) is 10.7 Å². The van der Waals surface area contributed by atoms with Crippen LogP contribution in [0.1, 0.15) is 22.3 Å². The first kappa shape index (κ1) is 35.5. The van der Waals surface area contributed by atoms with Crippen molar-refractivity contribution in [1.82, 2.24) is 25.6 Å². The molecule has 9 rings (SSSR count). The van der Waals surface area contributed by atoms with Crippen molar-refractivity contribution >= 4 is 130 Å². The molecule has 4 N–H and O–H groups in total. The van der Waals surface area contributed by atoms with Gasteiger partial charge in [-0.15, -0.1) is 11.3 Å². The fraction of sp³-hybridized carbons (Fsp3) is 0.0278. The number of hydrogen-bond donors (Lipinski definition) is 3. The van der Waals surface area contributed by atoms with Crippen LogP contribution in [0, 0.1) is 6.92 Å². The van der Waals surface area contributed by atoms with Gasteiger partial charge in [-0.2, -0.15) is 4.99 Å². The molecule has 3 aromatic heterocycles. The van der Waals surface area contributed by atoms with Gasteiger partial charge in [0.2, 0.25) is 0 Å². The third-order valence-corrected chi connectivity index (χ3v) is 10.7. The minimum atomic E-state index is -0.339. The molecule has 0 saturated carbocycles. The standard InChI is InChI=1S/C13H9NO3S.C12H8N4OS.C11H6N2O2S2/c1-7-6-17-10-3-2-8(4-9(7)10)5-11-12(15)14-13(16)18-11;13-12-16-11(17)10(18-12)6-7-1-2-8-9(5-7)15-4-3-14-8;14-10-9(17-11(15)13-10)4-6-1-2-7-8(3-6)16-5-12-7/h2-6H,1H3,(H,14,15,16);1-6H,(H2,13,16,17);1-5H,(H,13,14,15). The van der Waals surface area contributed by atoms with Crippen LogP contribution in [-0.4, -0.2) is 48.3 Å². The van der Waals surface area contributed by atoms with E-state index in [1.165, 1.54) is 11.8 Å². The average molecular weight is 778 g/mol. The third kappa shape index (κ3) is 8.44.